The number of anilines is 1. The Balaban J connectivity index is 1.86. The molecule has 0 N–H and O–H groups in total. The lowest BCUT2D eigenvalue weighted by Gasteiger charge is -2.33. The second-order valence-corrected chi connectivity index (χ2v) is 7.31. The zero-order valence-corrected chi connectivity index (χ0v) is 14.7. The summed E-state index contributed by atoms with van der Waals surface area (Å²) in [4.78, 5) is 0. The topological polar surface area (TPSA) is 42.7 Å². The van der Waals surface area contributed by atoms with Crippen molar-refractivity contribution in [1.29, 1.82) is 0 Å². The summed E-state index contributed by atoms with van der Waals surface area (Å²) >= 11 is 4.29. The number of hydrogen-bond acceptors (Lipinski definition) is 5. The zero-order valence-electron chi connectivity index (χ0n) is 13.8. The molecule has 6 heteroatoms. The van der Waals surface area contributed by atoms with Crippen LogP contribution in [0.25, 0.3) is 11.7 Å². The first-order valence-corrected chi connectivity index (χ1v) is 8.49. The van der Waals surface area contributed by atoms with E-state index in [1.54, 1.807) is 10.4 Å². The molecule has 2 aromatic rings. The van der Waals surface area contributed by atoms with Crippen LogP contribution in [-0.2, 0) is 0 Å². The minimum atomic E-state index is 0.271. The fourth-order valence-corrected chi connectivity index (χ4v) is 3.36. The number of thiol groups is 1. The first kappa shape index (κ1) is 16.2. The van der Waals surface area contributed by atoms with E-state index in [9.17, 15) is 0 Å². The van der Waals surface area contributed by atoms with Crippen molar-refractivity contribution in [3.8, 4) is 5.75 Å². The predicted octanol–water partition coefficient (Wildman–Crippen LogP) is 4.00. The number of ether oxygens (including phenoxy) is 1. The Hall–Kier alpha value is -1.69. The highest BCUT2D eigenvalue weighted by atomic mass is 32.1. The third-order valence-corrected chi connectivity index (χ3v) is 4.84. The molecule has 1 aliphatic rings. The van der Waals surface area contributed by atoms with Gasteiger partial charge in [0.25, 0.3) is 0 Å². The highest BCUT2D eigenvalue weighted by Crippen LogP contribution is 2.37. The average molecular weight is 332 g/mol. The van der Waals surface area contributed by atoms with Gasteiger partial charge in [-0.25, -0.2) is 0 Å². The van der Waals surface area contributed by atoms with Gasteiger partial charge in [0.2, 0.25) is 5.95 Å². The van der Waals surface area contributed by atoms with Gasteiger partial charge in [0, 0.05) is 30.3 Å². The fraction of sp³-hybridized carbons (Fsp3) is 0.529. The Morgan fingerprint density at radius 1 is 1.39 bits per heavy atom. The van der Waals surface area contributed by atoms with Crippen molar-refractivity contribution in [2.45, 2.75) is 39.0 Å². The lowest BCUT2D eigenvalue weighted by molar-refractivity contribution is 0.116. The van der Waals surface area contributed by atoms with E-state index in [1.165, 1.54) is 32.1 Å². The number of nitrogens with zero attached hydrogens (tertiary/aromatic N) is 4. The summed E-state index contributed by atoms with van der Waals surface area (Å²) in [5.74, 6) is 1.48. The Morgan fingerprint density at radius 2 is 2.13 bits per heavy atom. The van der Waals surface area contributed by atoms with Gasteiger partial charge in [-0.05, 0) is 12.8 Å². The summed E-state index contributed by atoms with van der Waals surface area (Å²) in [7, 11) is 1.82. The van der Waals surface area contributed by atoms with Crippen molar-refractivity contribution < 1.29 is 4.74 Å². The number of aromatic nitrogens is 3. The van der Waals surface area contributed by atoms with E-state index in [0.29, 0.717) is 5.95 Å². The van der Waals surface area contributed by atoms with Crippen LogP contribution in [0.1, 0.15) is 44.6 Å². The molecule has 0 aliphatic heterocycles. The molecule has 0 radical (unpaired) electrons. The van der Waals surface area contributed by atoms with Gasteiger partial charge in [-0.2, -0.15) is 0 Å². The van der Waals surface area contributed by atoms with Crippen molar-refractivity contribution in [1.82, 2.24) is 14.6 Å². The summed E-state index contributed by atoms with van der Waals surface area (Å²) < 4.78 is 9.69. The van der Waals surface area contributed by atoms with Gasteiger partial charge in [0.05, 0.1) is 6.61 Å². The molecule has 1 aliphatic carbocycles. The van der Waals surface area contributed by atoms with E-state index in [0.717, 1.165) is 23.6 Å². The van der Waals surface area contributed by atoms with Crippen molar-refractivity contribution >= 4 is 30.5 Å². The fourth-order valence-electron chi connectivity index (χ4n) is 3.22. The van der Waals surface area contributed by atoms with Crippen molar-refractivity contribution in [3.05, 3.63) is 24.4 Å². The molecule has 0 bridgehead atoms. The summed E-state index contributed by atoms with van der Waals surface area (Å²) in [5, 5.41) is 8.34. The molecule has 0 amide bonds. The van der Waals surface area contributed by atoms with Crippen molar-refractivity contribution in [2.24, 2.45) is 5.41 Å². The van der Waals surface area contributed by atoms with Crippen LogP contribution in [-0.4, -0.2) is 28.3 Å². The second kappa shape index (κ2) is 6.43. The van der Waals surface area contributed by atoms with Crippen LogP contribution in [0.5, 0.6) is 5.75 Å². The number of pyridine rings is 1. The Bertz CT molecular complexity index is 704. The first-order chi connectivity index (χ1) is 11.0. The molecule has 5 nitrogen and oxygen atoms in total. The van der Waals surface area contributed by atoms with Crippen molar-refractivity contribution in [2.75, 3.05) is 18.0 Å². The standard InChI is InChI=1S/C17H24N4OS/c1-4-13-11-21-15(18-19-16(21)20(3)23)10-14(13)22-12-17(2)8-6-5-7-9-17/h4,10-11,23H,1,5-9,12H2,2-3H3. The Kier molecular flexibility index (Phi) is 4.53. The maximum atomic E-state index is 6.16. The molecule has 0 unspecified atom stereocenters. The third-order valence-electron chi connectivity index (χ3n) is 4.66. The SMILES string of the molecule is C=Cc1cn2c(N(C)S)nnc2cc1OCC1(C)CCCCC1. The molecule has 0 aromatic carbocycles. The molecule has 1 fully saturated rings. The van der Waals surface area contributed by atoms with Gasteiger partial charge in [-0.3, -0.25) is 8.71 Å². The largest absolute Gasteiger partial charge is 0.492 e. The van der Waals surface area contributed by atoms with Crippen LogP contribution >= 0.6 is 12.8 Å². The van der Waals surface area contributed by atoms with E-state index < -0.39 is 0 Å². The minimum absolute atomic E-state index is 0.271. The number of fused-ring (bicyclic) bond motifs is 1. The predicted molar refractivity (Wildman–Crippen MR) is 97.2 cm³/mol. The Labute approximate surface area is 142 Å². The molecule has 1 saturated carbocycles. The van der Waals surface area contributed by atoms with Gasteiger partial charge >= 0.3 is 0 Å². The molecule has 23 heavy (non-hydrogen) atoms. The van der Waals surface area contributed by atoms with E-state index >= 15 is 0 Å². The smallest absolute Gasteiger partial charge is 0.241 e. The van der Waals surface area contributed by atoms with Gasteiger partial charge in [-0.15, -0.1) is 10.2 Å². The molecule has 124 valence electrons. The summed E-state index contributed by atoms with van der Waals surface area (Å²) in [6.07, 6.45) is 10.2. The quantitative estimate of drug-likeness (QED) is 0.840. The van der Waals surface area contributed by atoms with E-state index in [1.807, 2.05) is 23.7 Å². The summed E-state index contributed by atoms with van der Waals surface area (Å²) in [6, 6.07) is 1.93. The lowest BCUT2D eigenvalue weighted by Crippen LogP contribution is -2.27. The first-order valence-electron chi connectivity index (χ1n) is 8.09. The molecule has 3 rings (SSSR count). The van der Waals surface area contributed by atoms with Crippen LogP contribution < -0.4 is 9.04 Å². The highest BCUT2D eigenvalue weighted by molar-refractivity contribution is 7.81. The van der Waals surface area contributed by atoms with Gasteiger partial charge in [0.1, 0.15) is 5.75 Å². The maximum Gasteiger partial charge on any atom is 0.241 e. The highest BCUT2D eigenvalue weighted by Gasteiger charge is 2.28. The monoisotopic (exact) mass is 332 g/mol. The zero-order chi connectivity index (χ0) is 16.4. The molecule has 0 saturated heterocycles. The lowest BCUT2D eigenvalue weighted by atomic mass is 9.76. The molecular formula is C17H24N4OS. The summed E-state index contributed by atoms with van der Waals surface area (Å²) in [5.41, 5.74) is 1.95. The van der Waals surface area contributed by atoms with Crippen LogP contribution in [0.4, 0.5) is 5.95 Å². The van der Waals surface area contributed by atoms with Gasteiger partial charge in [0.15, 0.2) is 5.65 Å². The molecule has 2 heterocycles. The normalized spacial score (nSPS) is 17.2. The van der Waals surface area contributed by atoms with Crippen molar-refractivity contribution in [3.63, 3.8) is 0 Å². The average Bonchev–Trinajstić information content (AvgIpc) is 2.95. The van der Waals surface area contributed by atoms with Crippen LogP contribution in [0, 0.1) is 5.41 Å². The second-order valence-electron chi connectivity index (χ2n) is 6.71. The van der Waals surface area contributed by atoms with Gasteiger partial charge < -0.3 is 4.74 Å². The summed E-state index contributed by atoms with van der Waals surface area (Å²) in [6.45, 7) is 6.96. The Morgan fingerprint density at radius 3 is 2.78 bits per heavy atom. The molecular weight excluding hydrogens is 308 g/mol. The van der Waals surface area contributed by atoms with Crippen LogP contribution in [0.15, 0.2) is 18.8 Å². The van der Waals surface area contributed by atoms with E-state index in [2.05, 4.69) is 36.5 Å². The number of rotatable bonds is 5. The molecule has 2 aromatic heterocycles. The third kappa shape index (κ3) is 3.32. The van der Waals surface area contributed by atoms with Crippen LogP contribution in [0.3, 0.4) is 0 Å². The maximum absolute atomic E-state index is 6.16. The molecule has 0 spiro atoms. The molecule has 0 atom stereocenters. The van der Waals surface area contributed by atoms with Crippen LogP contribution in [0.2, 0.25) is 0 Å². The minimum Gasteiger partial charge on any atom is -0.492 e. The van der Waals surface area contributed by atoms with Gasteiger partial charge in [-0.1, -0.05) is 51.7 Å². The van der Waals surface area contributed by atoms with E-state index in [-0.39, 0.29) is 5.41 Å². The van der Waals surface area contributed by atoms with E-state index in [4.69, 9.17) is 4.74 Å². The number of hydrogen-bond donors (Lipinski definition) is 1.